The molecule has 1 N–H and O–H groups in total. The molecule has 33 heavy (non-hydrogen) atoms. The van der Waals surface area contributed by atoms with Crippen LogP contribution >= 0.6 is 0 Å². The summed E-state index contributed by atoms with van der Waals surface area (Å²) in [6.45, 7) is 5.98. The molecule has 0 aliphatic carbocycles. The fourth-order valence-corrected chi connectivity index (χ4v) is 5.44. The molecule has 178 valence electrons. The van der Waals surface area contributed by atoms with Crippen LogP contribution in [0.15, 0.2) is 42.5 Å². The molecule has 0 radical (unpaired) electrons. The zero-order valence-corrected chi connectivity index (χ0v) is 19.9. The second kappa shape index (κ2) is 10.0. The second-order valence-electron chi connectivity index (χ2n) is 8.58. The molecule has 2 heterocycles. The maximum absolute atomic E-state index is 12.9. The van der Waals surface area contributed by atoms with Gasteiger partial charge in [-0.1, -0.05) is 24.3 Å². The zero-order chi connectivity index (χ0) is 23.4. The fraction of sp³-hybridized carbons (Fsp3) is 0.458. The van der Waals surface area contributed by atoms with E-state index in [0.29, 0.717) is 36.9 Å². The van der Waals surface area contributed by atoms with E-state index < -0.39 is 16.1 Å². The van der Waals surface area contributed by atoms with Gasteiger partial charge in [0.05, 0.1) is 11.9 Å². The first-order valence-corrected chi connectivity index (χ1v) is 13.1. The lowest BCUT2D eigenvalue weighted by Gasteiger charge is -2.29. The Morgan fingerprint density at radius 1 is 1.03 bits per heavy atom. The molecule has 0 bridgehead atoms. The zero-order valence-electron chi connectivity index (χ0n) is 19.1. The first-order chi connectivity index (χ1) is 15.8. The third-order valence-electron chi connectivity index (χ3n) is 5.96. The molecule has 1 atom stereocenters. The van der Waals surface area contributed by atoms with Gasteiger partial charge in [-0.2, -0.15) is 0 Å². The molecule has 1 fully saturated rings. The van der Waals surface area contributed by atoms with Crippen LogP contribution in [-0.2, 0) is 27.9 Å². The summed E-state index contributed by atoms with van der Waals surface area (Å²) in [7, 11) is -3.72. The summed E-state index contributed by atoms with van der Waals surface area (Å²) < 4.78 is 37.3. The summed E-state index contributed by atoms with van der Waals surface area (Å²) in [5, 5.41) is 2.86. The highest BCUT2D eigenvalue weighted by molar-refractivity contribution is 7.92. The largest absolute Gasteiger partial charge is 0.486 e. The fourth-order valence-electron chi connectivity index (χ4n) is 4.28. The number of hydrogen-bond donors (Lipinski definition) is 1. The average molecular weight is 474 g/mol. The number of hydrogen-bond acceptors (Lipinski definition) is 6. The molecule has 0 saturated carbocycles. The molecule has 2 aliphatic rings. The predicted octanol–water partition coefficient (Wildman–Crippen LogP) is 2.52. The van der Waals surface area contributed by atoms with Gasteiger partial charge in [0, 0.05) is 19.2 Å². The van der Waals surface area contributed by atoms with Gasteiger partial charge < -0.3 is 14.8 Å². The van der Waals surface area contributed by atoms with Gasteiger partial charge >= 0.3 is 0 Å². The Hall–Kier alpha value is -2.78. The standard InChI is InChI=1S/C24H31N3O5S/c1-18(27(33(2,29)30)21-9-10-22-23(15-21)32-14-13-31-22)24(28)25-16-19-5-7-20(8-6-19)17-26-11-3-4-12-26/h5-10,15,18H,3-4,11-14,16-17H2,1-2H3,(H,25,28). The number of nitrogens with zero attached hydrogens (tertiary/aromatic N) is 2. The van der Waals surface area contributed by atoms with Crippen molar-refractivity contribution in [1.29, 1.82) is 0 Å². The Labute approximate surface area is 195 Å². The molecular weight excluding hydrogens is 442 g/mol. The average Bonchev–Trinajstić information content (AvgIpc) is 3.30. The lowest BCUT2D eigenvalue weighted by Crippen LogP contribution is -2.47. The van der Waals surface area contributed by atoms with Gasteiger partial charge in [-0.3, -0.25) is 14.0 Å². The minimum Gasteiger partial charge on any atom is -0.486 e. The Kier molecular flexibility index (Phi) is 7.09. The molecule has 9 heteroatoms. The van der Waals surface area contributed by atoms with E-state index in [0.717, 1.165) is 35.8 Å². The summed E-state index contributed by atoms with van der Waals surface area (Å²) >= 11 is 0. The van der Waals surface area contributed by atoms with E-state index in [1.165, 1.54) is 18.4 Å². The first kappa shape index (κ1) is 23.4. The van der Waals surface area contributed by atoms with Crippen LogP contribution in [0.2, 0.25) is 0 Å². The highest BCUT2D eigenvalue weighted by atomic mass is 32.2. The third-order valence-corrected chi connectivity index (χ3v) is 7.20. The summed E-state index contributed by atoms with van der Waals surface area (Å²) in [6.07, 6.45) is 3.62. The van der Waals surface area contributed by atoms with Crippen molar-refractivity contribution in [3.63, 3.8) is 0 Å². The number of fused-ring (bicyclic) bond motifs is 1. The molecule has 1 amide bonds. The number of nitrogens with one attached hydrogen (secondary N) is 1. The van der Waals surface area contributed by atoms with Crippen molar-refractivity contribution in [2.45, 2.75) is 38.9 Å². The van der Waals surface area contributed by atoms with E-state index in [2.05, 4.69) is 22.3 Å². The van der Waals surface area contributed by atoms with Crippen LogP contribution in [0.5, 0.6) is 11.5 Å². The third kappa shape index (κ3) is 5.78. The molecule has 1 unspecified atom stereocenters. The highest BCUT2D eigenvalue weighted by Crippen LogP contribution is 2.35. The quantitative estimate of drug-likeness (QED) is 0.634. The number of rotatable bonds is 8. The van der Waals surface area contributed by atoms with Crippen LogP contribution in [0.3, 0.4) is 0 Å². The van der Waals surface area contributed by atoms with Crippen molar-refractivity contribution in [2.24, 2.45) is 0 Å². The van der Waals surface area contributed by atoms with E-state index in [1.54, 1.807) is 25.1 Å². The molecule has 2 aromatic rings. The number of ether oxygens (including phenoxy) is 2. The molecule has 4 rings (SSSR count). The molecule has 8 nitrogen and oxygen atoms in total. The van der Waals surface area contributed by atoms with Gasteiger partial charge in [0.1, 0.15) is 19.3 Å². The van der Waals surface area contributed by atoms with Crippen LogP contribution in [0.4, 0.5) is 5.69 Å². The van der Waals surface area contributed by atoms with E-state index in [-0.39, 0.29) is 5.91 Å². The topological polar surface area (TPSA) is 88.2 Å². The maximum atomic E-state index is 12.9. The van der Waals surface area contributed by atoms with E-state index in [4.69, 9.17) is 9.47 Å². The minimum absolute atomic E-state index is 0.325. The molecule has 0 spiro atoms. The summed E-state index contributed by atoms with van der Waals surface area (Å²) in [4.78, 5) is 15.3. The van der Waals surface area contributed by atoms with Gasteiger partial charge in [0.2, 0.25) is 15.9 Å². The Bertz CT molecular complexity index is 1080. The van der Waals surface area contributed by atoms with Gasteiger partial charge in [-0.05, 0) is 56.1 Å². The van der Waals surface area contributed by atoms with Crippen LogP contribution in [0.1, 0.15) is 30.9 Å². The van der Waals surface area contributed by atoms with Crippen molar-refractivity contribution >= 4 is 21.6 Å². The summed E-state index contributed by atoms with van der Waals surface area (Å²) in [5.41, 5.74) is 2.57. The van der Waals surface area contributed by atoms with Gasteiger partial charge in [-0.25, -0.2) is 8.42 Å². The number of anilines is 1. The van der Waals surface area contributed by atoms with Crippen LogP contribution in [0, 0.1) is 0 Å². The van der Waals surface area contributed by atoms with Crippen molar-refractivity contribution in [3.05, 3.63) is 53.6 Å². The highest BCUT2D eigenvalue weighted by Gasteiger charge is 2.30. The smallest absolute Gasteiger partial charge is 0.243 e. The maximum Gasteiger partial charge on any atom is 0.243 e. The Morgan fingerprint density at radius 2 is 1.67 bits per heavy atom. The number of likely N-dealkylation sites (tertiary alicyclic amines) is 1. The number of amides is 1. The molecule has 2 aromatic carbocycles. The molecule has 1 saturated heterocycles. The second-order valence-corrected chi connectivity index (χ2v) is 10.4. The lowest BCUT2D eigenvalue weighted by molar-refractivity contribution is -0.122. The van der Waals surface area contributed by atoms with E-state index in [1.807, 2.05) is 12.1 Å². The molecule has 2 aliphatic heterocycles. The normalized spacial score (nSPS) is 16.9. The van der Waals surface area contributed by atoms with Crippen molar-refractivity contribution in [2.75, 3.05) is 36.9 Å². The monoisotopic (exact) mass is 473 g/mol. The van der Waals surface area contributed by atoms with Crippen LogP contribution in [0.25, 0.3) is 0 Å². The van der Waals surface area contributed by atoms with Gasteiger partial charge in [0.15, 0.2) is 11.5 Å². The lowest BCUT2D eigenvalue weighted by atomic mass is 10.1. The number of benzene rings is 2. The van der Waals surface area contributed by atoms with Crippen molar-refractivity contribution < 1.29 is 22.7 Å². The van der Waals surface area contributed by atoms with Crippen LogP contribution in [-0.4, -0.2) is 57.8 Å². The number of carbonyl (C=O) groups excluding carboxylic acids is 1. The molecule has 0 aromatic heterocycles. The van der Waals surface area contributed by atoms with Gasteiger partial charge in [0.25, 0.3) is 0 Å². The van der Waals surface area contributed by atoms with Crippen molar-refractivity contribution in [1.82, 2.24) is 10.2 Å². The van der Waals surface area contributed by atoms with E-state index in [9.17, 15) is 13.2 Å². The van der Waals surface area contributed by atoms with E-state index >= 15 is 0 Å². The Morgan fingerprint density at radius 3 is 2.33 bits per heavy atom. The predicted molar refractivity (Wildman–Crippen MR) is 127 cm³/mol. The Balaban J connectivity index is 1.40. The SMILES string of the molecule is CC(C(=O)NCc1ccc(CN2CCCC2)cc1)N(c1ccc2c(c1)OCCO2)S(C)(=O)=O. The minimum atomic E-state index is -3.72. The van der Waals surface area contributed by atoms with Crippen molar-refractivity contribution in [3.8, 4) is 11.5 Å². The number of carbonyl (C=O) groups is 1. The van der Waals surface area contributed by atoms with Crippen LogP contribution < -0.4 is 19.1 Å². The summed E-state index contributed by atoms with van der Waals surface area (Å²) in [6, 6.07) is 12.1. The first-order valence-electron chi connectivity index (χ1n) is 11.3. The molecular formula is C24H31N3O5S. The number of sulfonamides is 1. The van der Waals surface area contributed by atoms with Gasteiger partial charge in [-0.15, -0.1) is 0 Å². The summed E-state index contributed by atoms with van der Waals surface area (Å²) in [5.74, 6) is 0.647.